The van der Waals surface area contributed by atoms with Crippen molar-refractivity contribution in [1.82, 2.24) is 4.31 Å². The van der Waals surface area contributed by atoms with Crippen LogP contribution in [0.15, 0.2) is 23.1 Å². The van der Waals surface area contributed by atoms with Crippen LogP contribution in [0.3, 0.4) is 0 Å². The molecule has 0 spiro atoms. The quantitative estimate of drug-likeness (QED) is 0.857. The first-order chi connectivity index (χ1) is 9.43. The van der Waals surface area contributed by atoms with Crippen LogP contribution in [0.25, 0.3) is 0 Å². The predicted molar refractivity (Wildman–Crippen MR) is 83.6 cm³/mol. The van der Waals surface area contributed by atoms with E-state index in [2.05, 4.69) is 5.32 Å². The molecule has 0 atom stereocenters. The summed E-state index contributed by atoms with van der Waals surface area (Å²) in [6.45, 7) is 5.31. The first kappa shape index (κ1) is 17.6. The van der Waals surface area contributed by atoms with Crippen molar-refractivity contribution in [3.8, 4) is 0 Å². The van der Waals surface area contributed by atoms with E-state index in [-0.39, 0.29) is 17.2 Å². The standard InChI is InChI=1S/C14H23N3O3S/c1-10-6-7-11(21(19,20)17(4)5)8-12(10)16-13(18)9-14(2,3)15/h6-8H,9,15H2,1-5H3,(H,16,18). The van der Waals surface area contributed by atoms with E-state index in [0.717, 1.165) is 9.87 Å². The van der Waals surface area contributed by atoms with Gasteiger partial charge in [-0.3, -0.25) is 4.79 Å². The molecule has 0 aromatic heterocycles. The summed E-state index contributed by atoms with van der Waals surface area (Å²) < 4.78 is 25.3. The number of nitrogens with one attached hydrogen (secondary N) is 1. The van der Waals surface area contributed by atoms with Gasteiger partial charge >= 0.3 is 0 Å². The van der Waals surface area contributed by atoms with Gasteiger partial charge in [0.15, 0.2) is 0 Å². The largest absolute Gasteiger partial charge is 0.326 e. The molecule has 1 rings (SSSR count). The highest BCUT2D eigenvalue weighted by molar-refractivity contribution is 7.89. The van der Waals surface area contributed by atoms with Gasteiger partial charge in [0.2, 0.25) is 15.9 Å². The van der Waals surface area contributed by atoms with Gasteiger partial charge in [0.05, 0.1) is 4.90 Å². The minimum Gasteiger partial charge on any atom is -0.326 e. The monoisotopic (exact) mass is 313 g/mol. The van der Waals surface area contributed by atoms with Crippen molar-refractivity contribution >= 4 is 21.6 Å². The van der Waals surface area contributed by atoms with Crippen LogP contribution in [0.1, 0.15) is 25.8 Å². The summed E-state index contributed by atoms with van der Waals surface area (Å²) in [5.41, 5.74) is 6.45. The zero-order valence-corrected chi connectivity index (χ0v) is 13.9. The molecule has 0 saturated heterocycles. The lowest BCUT2D eigenvalue weighted by Crippen LogP contribution is -2.36. The van der Waals surface area contributed by atoms with Gasteiger partial charge in [0.1, 0.15) is 0 Å². The molecular formula is C14H23N3O3S. The average Bonchev–Trinajstić information content (AvgIpc) is 2.29. The van der Waals surface area contributed by atoms with E-state index in [4.69, 9.17) is 5.73 Å². The second-order valence-corrected chi connectivity index (χ2v) is 8.13. The molecule has 0 unspecified atom stereocenters. The van der Waals surface area contributed by atoms with Crippen LogP contribution >= 0.6 is 0 Å². The van der Waals surface area contributed by atoms with Gasteiger partial charge in [0.25, 0.3) is 0 Å². The molecule has 0 aliphatic heterocycles. The maximum atomic E-state index is 12.1. The van der Waals surface area contributed by atoms with Crippen molar-refractivity contribution < 1.29 is 13.2 Å². The Morgan fingerprint density at radius 3 is 2.38 bits per heavy atom. The Morgan fingerprint density at radius 1 is 1.33 bits per heavy atom. The fraction of sp³-hybridized carbons (Fsp3) is 0.500. The molecule has 0 bridgehead atoms. The number of hydrogen-bond donors (Lipinski definition) is 2. The third-order valence-corrected chi connectivity index (χ3v) is 4.69. The van der Waals surface area contributed by atoms with Crippen molar-refractivity contribution in [2.24, 2.45) is 5.73 Å². The van der Waals surface area contributed by atoms with E-state index in [1.807, 2.05) is 0 Å². The summed E-state index contributed by atoms with van der Waals surface area (Å²) in [5, 5.41) is 2.72. The lowest BCUT2D eigenvalue weighted by atomic mass is 10.0. The van der Waals surface area contributed by atoms with Crippen LogP contribution in [0, 0.1) is 6.92 Å². The lowest BCUT2D eigenvalue weighted by Gasteiger charge is -2.19. The first-order valence-electron chi connectivity index (χ1n) is 6.55. The van der Waals surface area contributed by atoms with E-state index < -0.39 is 15.6 Å². The molecule has 0 fully saturated rings. The van der Waals surface area contributed by atoms with Gasteiger partial charge < -0.3 is 11.1 Å². The highest BCUT2D eigenvalue weighted by Crippen LogP contribution is 2.22. The smallest absolute Gasteiger partial charge is 0.242 e. The van der Waals surface area contributed by atoms with Gasteiger partial charge in [-0.2, -0.15) is 0 Å². The van der Waals surface area contributed by atoms with Crippen LogP contribution in [0.2, 0.25) is 0 Å². The maximum absolute atomic E-state index is 12.1. The number of rotatable bonds is 5. The summed E-state index contributed by atoms with van der Waals surface area (Å²) in [6.07, 6.45) is 0.150. The molecule has 6 nitrogen and oxygen atoms in total. The molecule has 0 aliphatic carbocycles. The summed E-state index contributed by atoms with van der Waals surface area (Å²) in [4.78, 5) is 12.1. The minimum absolute atomic E-state index is 0.139. The SMILES string of the molecule is Cc1ccc(S(=O)(=O)N(C)C)cc1NC(=O)CC(C)(C)N. The van der Waals surface area contributed by atoms with Crippen LogP contribution in [-0.2, 0) is 14.8 Å². The molecular weight excluding hydrogens is 290 g/mol. The zero-order chi connectivity index (χ0) is 16.4. The highest BCUT2D eigenvalue weighted by atomic mass is 32.2. The minimum atomic E-state index is -3.53. The van der Waals surface area contributed by atoms with E-state index in [0.29, 0.717) is 5.69 Å². The summed E-state index contributed by atoms with van der Waals surface area (Å²) >= 11 is 0. The number of carbonyl (C=O) groups is 1. The molecule has 3 N–H and O–H groups in total. The molecule has 0 aliphatic rings. The number of anilines is 1. The lowest BCUT2D eigenvalue weighted by molar-refractivity contribution is -0.117. The molecule has 1 amide bonds. The topological polar surface area (TPSA) is 92.5 Å². The second kappa shape index (κ2) is 6.13. The molecule has 1 aromatic carbocycles. The molecule has 21 heavy (non-hydrogen) atoms. The van der Waals surface area contributed by atoms with E-state index in [1.54, 1.807) is 26.8 Å². The highest BCUT2D eigenvalue weighted by Gasteiger charge is 2.20. The molecule has 0 heterocycles. The van der Waals surface area contributed by atoms with Crippen molar-refractivity contribution in [2.75, 3.05) is 19.4 Å². The predicted octanol–water partition coefficient (Wildman–Crippen LogP) is 1.31. The Kier molecular flexibility index (Phi) is 5.14. The summed E-state index contributed by atoms with van der Waals surface area (Å²) in [7, 11) is -0.604. The van der Waals surface area contributed by atoms with Gasteiger partial charge in [-0.1, -0.05) is 6.07 Å². The Morgan fingerprint density at radius 2 is 1.90 bits per heavy atom. The number of nitrogens with zero attached hydrogens (tertiary/aromatic N) is 1. The van der Waals surface area contributed by atoms with Crippen molar-refractivity contribution in [1.29, 1.82) is 0 Å². The van der Waals surface area contributed by atoms with Crippen LogP contribution in [0.4, 0.5) is 5.69 Å². The molecule has 0 saturated carbocycles. The van der Waals surface area contributed by atoms with Gasteiger partial charge in [-0.05, 0) is 38.5 Å². The zero-order valence-electron chi connectivity index (χ0n) is 13.1. The van der Waals surface area contributed by atoms with Crippen molar-refractivity contribution in [3.63, 3.8) is 0 Å². The number of amides is 1. The van der Waals surface area contributed by atoms with Gasteiger partial charge in [0, 0.05) is 31.7 Å². The van der Waals surface area contributed by atoms with E-state index >= 15 is 0 Å². The Hall–Kier alpha value is -1.44. The Bertz CT molecular complexity index is 631. The summed E-state index contributed by atoms with van der Waals surface area (Å²) in [6, 6.07) is 4.65. The number of nitrogens with two attached hydrogens (primary N) is 1. The Labute approximate surface area is 126 Å². The molecule has 7 heteroatoms. The third kappa shape index (κ3) is 4.80. The van der Waals surface area contributed by atoms with Crippen molar-refractivity contribution in [3.05, 3.63) is 23.8 Å². The normalized spacial score (nSPS) is 12.5. The molecule has 0 radical (unpaired) electrons. The van der Waals surface area contributed by atoms with Crippen molar-refractivity contribution in [2.45, 2.75) is 37.6 Å². The number of aryl methyl sites for hydroxylation is 1. The van der Waals surface area contributed by atoms with Gasteiger partial charge in [-0.25, -0.2) is 12.7 Å². The van der Waals surface area contributed by atoms with Crippen LogP contribution in [-0.4, -0.2) is 38.3 Å². The average molecular weight is 313 g/mol. The van der Waals surface area contributed by atoms with E-state index in [9.17, 15) is 13.2 Å². The maximum Gasteiger partial charge on any atom is 0.242 e. The fourth-order valence-corrected chi connectivity index (χ4v) is 2.64. The molecule has 1 aromatic rings. The third-order valence-electron chi connectivity index (χ3n) is 2.88. The van der Waals surface area contributed by atoms with Crippen LogP contribution < -0.4 is 11.1 Å². The van der Waals surface area contributed by atoms with E-state index in [1.165, 1.54) is 26.2 Å². The second-order valence-electron chi connectivity index (χ2n) is 5.98. The molecule has 118 valence electrons. The number of hydrogen-bond acceptors (Lipinski definition) is 4. The summed E-state index contributed by atoms with van der Waals surface area (Å²) in [5.74, 6) is -0.245. The number of benzene rings is 1. The van der Waals surface area contributed by atoms with Crippen LogP contribution in [0.5, 0.6) is 0 Å². The number of sulfonamides is 1. The fourth-order valence-electron chi connectivity index (χ4n) is 1.72. The Balaban J connectivity index is 3.07. The number of carbonyl (C=O) groups excluding carboxylic acids is 1. The van der Waals surface area contributed by atoms with Gasteiger partial charge in [-0.15, -0.1) is 0 Å². The first-order valence-corrected chi connectivity index (χ1v) is 7.99.